The van der Waals surface area contributed by atoms with Gasteiger partial charge in [-0.05, 0) is 6.42 Å². The zero-order valence-corrected chi connectivity index (χ0v) is 14.2. The van der Waals surface area contributed by atoms with E-state index in [2.05, 4.69) is 25.6 Å². The summed E-state index contributed by atoms with van der Waals surface area (Å²) in [6, 6.07) is 11.7. The van der Waals surface area contributed by atoms with Gasteiger partial charge in [-0.25, -0.2) is 0 Å². The number of benzene rings is 1. The van der Waals surface area contributed by atoms with Gasteiger partial charge in [0.05, 0.1) is 18.8 Å². The van der Waals surface area contributed by atoms with E-state index in [-0.39, 0.29) is 13.7 Å². The smallest absolute Gasteiger partial charge is 0.273 e. The van der Waals surface area contributed by atoms with Crippen molar-refractivity contribution in [2.24, 2.45) is 15.9 Å². The number of aliphatic imine (C=N–C) groups is 1. The zero-order chi connectivity index (χ0) is 17.9. The topological polar surface area (TPSA) is 129 Å². The fraction of sp³-hybridized carbons (Fsp3) is 0.250. The Morgan fingerprint density at radius 2 is 2.20 bits per heavy atom. The Bertz CT molecular complexity index is 798. The quantitative estimate of drug-likeness (QED) is 0.322. The van der Waals surface area contributed by atoms with Crippen LogP contribution in [0.4, 0.5) is 0 Å². The number of hydrogen-bond acceptors (Lipinski definition) is 8. The molecule has 1 aromatic carbocycles. The Morgan fingerprint density at radius 3 is 2.92 bits per heavy atom. The van der Waals surface area contributed by atoms with Crippen LogP contribution in [0.25, 0.3) is 10.6 Å². The van der Waals surface area contributed by atoms with Crippen LogP contribution in [0.2, 0.25) is 0 Å². The third kappa shape index (κ3) is 5.78. The number of nitrogens with zero attached hydrogens (tertiary/aromatic N) is 5. The van der Waals surface area contributed by atoms with Gasteiger partial charge in [0.15, 0.2) is 5.71 Å². The maximum absolute atomic E-state index is 12.0. The second kappa shape index (κ2) is 9.89. The molecule has 8 nitrogen and oxygen atoms in total. The number of hydrogen-bond donors (Lipinski definition) is 2. The van der Waals surface area contributed by atoms with Crippen molar-refractivity contribution in [2.45, 2.75) is 19.4 Å². The summed E-state index contributed by atoms with van der Waals surface area (Å²) < 4.78 is 0. The Morgan fingerprint density at radius 1 is 1.40 bits per heavy atom. The fourth-order valence-corrected chi connectivity index (χ4v) is 2.60. The van der Waals surface area contributed by atoms with Gasteiger partial charge in [-0.1, -0.05) is 41.7 Å². The van der Waals surface area contributed by atoms with Gasteiger partial charge in [0, 0.05) is 20.0 Å². The monoisotopic (exact) mass is 357 g/mol. The summed E-state index contributed by atoms with van der Waals surface area (Å²) in [4.78, 5) is 16.1. The number of rotatable bonds is 8. The molecule has 0 aliphatic carbocycles. The molecule has 25 heavy (non-hydrogen) atoms. The highest BCUT2D eigenvalue weighted by atomic mass is 32.1. The zero-order valence-electron chi connectivity index (χ0n) is 13.4. The maximum Gasteiger partial charge on any atom is 0.273 e. The first-order valence-electron chi connectivity index (χ1n) is 7.55. The van der Waals surface area contributed by atoms with Crippen LogP contribution in [0.15, 0.2) is 40.4 Å². The summed E-state index contributed by atoms with van der Waals surface area (Å²) in [6.07, 6.45) is 2.35. The molecule has 0 saturated carbocycles. The van der Waals surface area contributed by atoms with Gasteiger partial charge >= 0.3 is 0 Å². The van der Waals surface area contributed by atoms with E-state index in [1.807, 2.05) is 36.4 Å². The first-order chi connectivity index (χ1) is 12.2. The summed E-state index contributed by atoms with van der Waals surface area (Å²) >= 11 is 1.40. The average molecular weight is 357 g/mol. The second-order valence-electron chi connectivity index (χ2n) is 4.86. The third-order valence-electron chi connectivity index (χ3n) is 3.05. The van der Waals surface area contributed by atoms with Gasteiger partial charge in [-0.2, -0.15) is 10.4 Å². The van der Waals surface area contributed by atoms with E-state index in [4.69, 9.17) is 11.1 Å². The molecule has 1 aromatic heterocycles. The molecule has 0 spiro atoms. The van der Waals surface area contributed by atoms with Crippen LogP contribution < -0.4 is 11.2 Å². The van der Waals surface area contributed by atoms with Crippen LogP contribution in [0.3, 0.4) is 0 Å². The molecular formula is C16H19N7OS. The minimum Gasteiger partial charge on any atom is -0.344 e. The normalized spacial score (nSPS) is 11.4. The average Bonchev–Trinajstić information content (AvgIpc) is 3.12. The summed E-state index contributed by atoms with van der Waals surface area (Å²) in [5.41, 5.74) is 0.996. The van der Waals surface area contributed by atoms with Crippen molar-refractivity contribution in [2.75, 3.05) is 6.54 Å². The summed E-state index contributed by atoms with van der Waals surface area (Å²) in [6.45, 7) is 0.668. The van der Waals surface area contributed by atoms with Crippen molar-refractivity contribution >= 4 is 29.2 Å². The number of carbonyl (C=O) groups is 1. The van der Waals surface area contributed by atoms with Gasteiger partial charge in [0.1, 0.15) is 10.0 Å². The van der Waals surface area contributed by atoms with E-state index in [0.29, 0.717) is 24.4 Å². The van der Waals surface area contributed by atoms with Crippen molar-refractivity contribution in [3.05, 3.63) is 35.3 Å². The molecule has 0 aliphatic heterocycles. The number of hydrazone groups is 1. The van der Waals surface area contributed by atoms with Crippen molar-refractivity contribution in [3.8, 4) is 16.6 Å². The number of carbonyl (C=O) groups excluding carboxylic acids is 1. The standard InChI is InChI=1S/C16H17N7OS.H2/c17-8-4-5-9-19-10-13(21-18)15(24)20-11-14-22-23-16(25-14)12-6-2-1-3-7-12;/h1-3,6-7,10H,4-5,9,11,18H2,(H,20,24);1H/b19-10?,21-13+;. The first kappa shape index (κ1) is 18.2. The van der Waals surface area contributed by atoms with Gasteiger partial charge in [-0.15, -0.1) is 10.2 Å². The fourth-order valence-electron chi connectivity index (χ4n) is 1.82. The lowest BCUT2D eigenvalue weighted by atomic mass is 10.2. The second-order valence-corrected chi connectivity index (χ2v) is 5.92. The molecule has 3 N–H and O–H groups in total. The van der Waals surface area contributed by atoms with E-state index >= 15 is 0 Å². The highest BCUT2D eigenvalue weighted by Crippen LogP contribution is 2.22. The van der Waals surface area contributed by atoms with Crippen molar-refractivity contribution in [1.82, 2.24) is 15.5 Å². The predicted molar refractivity (Wildman–Crippen MR) is 99.1 cm³/mol. The van der Waals surface area contributed by atoms with Crippen molar-refractivity contribution in [1.29, 1.82) is 5.26 Å². The number of unbranched alkanes of at least 4 members (excludes halogenated alkanes) is 1. The van der Waals surface area contributed by atoms with Gasteiger partial charge in [0.2, 0.25) is 0 Å². The lowest BCUT2D eigenvalue weighted by molar-refractivity contribution is -0.114. The molecule has 0 saturated heterocycles. The molecule has 0 atom stereocenters. The maximum atomic E-state index is 12.0. The van der Waals surface area contributed by atoms with Crippen LogP contribution in [-0.4, -0.2) is 34.6 Å². The summed E-state index contributed by atoms with van der Waals surface area (Å²) in [7, 11) is 0. The number of nitrogens with one attached hydrogen (secondary N) is 1. The predicted octanol–water partition coefficient (Wildman–Crippen LogP) is 1.76. The minimum absolute atomic E-state index is 0. The highest BCUT2D eigenvalue weighted by molar-refractivity contribution is 7.14. The van der Waals surface area contributed by atoms with E-state index in [0.717, 1.165) is 10.6 Å². The Balaban J connectivity index is 0.00000338. The van der Waals surface area contributed by atoms with Crippen LogP contribution in [0.5, 0.6) is 0 Å². The largest absolute Gasteiger partial charge is 0.344 e. The number of amides is 1. The molecule has 0 unspecified atom stereocenters. The van der Waals surface area contributed by atoms with E-state index in [9.17, 15) is 4.79 Å². The summed E-state index contributed by atoms with van der Waals surface area (Å²) in [5, 5.41) is 24.2. The summed E-state index contributed by atoms with van der Waals surface area (Å²) in [5.74, 6) is 4.78. The molecule has 2 rings (SSSR count). The van der Waals surface area contributed by atoms with Gasteiger partial charge in [0.25, 0.3) is 5.91 Å². The van der Waals surface area contributed by atoms with Crippen LogP contribution in [0, 0.1) is 11.3 Å². The van der Waals surface area contributed by atoms with E-state index in [1.54, 1.807) is 0 Å². The van der Waals surface area contributed by atoms with E-state index < -0.39 is 5.91 Å². The Labute approximate surface area is 150 Å². The van der Waals surface area contributed by atoms with Gasteiger partial charge < -0.3 is 11.2 Å². The Kier molecular flexibility index (Phi) is 7.21. The van der Waals surface area contributed by atoms with Crippen molar-refractivity contribution in [3.63, 3.8) is 0 Å². The first-order valence-corrected chi connectivity index (χ1v) is 8.37. The molecule has 1 heterocycles. The number of nitrogens with two attached hydrogens (primary N) is 1. The molecule has 9 heteroatoms. The van der Waals surface area contributed by atoms with E-state index in [1.165, 1.54) is 17.6 Å². The molecular weight excluding hydrogens is 338 g/mol. The molecule has 130 valence electrons. The van der Waals surface area contributed by atoms with Crippen LogP contribution in [-0.2, 0) is 11.3 Å². The molecule has 0 bridgehead atoms. The minimum atomic E-state index is -0.442. The Hall–Kier alpha value is -3.12. The number of nitriles is 1. The molecule has 2 aromatic rings. The SMILES string of the molecule is N#CCCCN=C/C(=N\N)C(=O)NCc1nnc(-c2ccccc2)s1.[HH]. The third-order valence-corrected chi connectivity index (χ3v) is 4.02. The highest BCUT2D eigenvalue weighted by Gasteiger charge is 2.11. The van der Waals surface area contributed by atoms with Crippen molar-refractivity contribution < 1.29 is 6.22 Å². The molecule has 0 fully saturated rings. The molecule has 0 radical (unpaired) electrons. The lowest BCUT2D eigenvalue weighted by Gasteiger charge is -2.01. The van der Waals surface area contributed by atoms with Gasteiger partial charge in [-0.3, -0.25) is 9.79 Å². The molecule has 1 amide bonds. The van der Waals surface area contributed by atoms with Crippen LogP contribution in [0.1, 0.15) is 19.3 Å². The number of aromatic nitrogens is 2. The lowest BCUT2D eigenvalue weighted by Crippen LogP contribution is -2.32. The molecule has 0 aliphatic rings. The van der Waals surface area contributed by atoms with Crippen LogP contribution >= 0.6 is 11.3 Å².